The van der Waals surface area contributed by atoms with Crippen LogP contribution in [0.4, 0.5) is 4.39 Å². The van der Waals surface area contributed by atoms with E-state index in [1.54, 1.807) is 0 Å². The van der Waals surface area contributed by atoms with E-state index >= 15 is 0 Å². The largest absolute Gasteiger partial charge is 0.490 e. The molecule has 94 valence electrons. The lowest BCUT2D eigenvalue weighted by atomic mass is 9.92. The van der Waals surface area contributed by atoms with Crippen molar-refractivity contribution in [2.75, 3.05) is 19.8 Å². The molecule has 2 aliphatic rings. The van der Waals surface area contributed by atoms with Gasteiger partial charge in [-0.25, -0.2) is 4.39 Å². The third-order valence-corrected chi connectivity index (χ3v) is 3.53. The van der Waals surface area contributed by atoms with E-state index < -0.39 is 6.67 Å². The Morgan fingerprint density at radius 1 is 1.65 bits per heavy atom. The number of rotatable bonds is 4. The zero-order chi connectivity index (χ0) is 12.3. The summed E-state index contributed by atoms with van der Waals surface area (Å²) in [6.07, 6.45) is 4.76. The second-order valence-electron chi connectivity index (χ2n) is 4.01. The molecule has 0 saturated heterocycles. The van der Waals surface area contributed by atoms with Gasteiger partial charge >= 0.3 is 0 Å². The lowest BCUT2D eigenvalue weighted by Gasteiger charge is -2.24. The van der Waals surface area contributed by atoms with Crippen molar-refractivity contribution in [2.45, 2.75) is 12.5 Å². The Balaban J connectivity index is 1.92. The average molecular weight is 304 g/mol. The second-order valence-corrected chi connectivity index (χ2v) is 4.97. The van der Waals surface area contributed by atoms with Gasteiger partial charge in [-0.1, -0.05) is 22.0 Å². The molecule has 4 nitrogen and oxygen atoms in total. The van der Waals surface area contributed by atoms with E-state index in [1.165, 1.54) is 0 Å². The molecule has 1 aliphatic carbocycles. The first kappa shape index (κ1) is 12.4. The summed E-state index contributed by atoms with van der Waals surface area (Å²) >= 11 is 3.47. The van der Waals surface area contributed by atoms with Gasteiger partial charge in [-0.15, -0.1) is 0 Å². The summed E-state index contributed by atoms with van der Waals surface area (Å²) in [6, 6.07) is 0.238. The first-order valence-electron chi connectivity index (χ1n) is 5.52. The summed E-state index contributed by atoms with van der Waals surface area (Å²) in [6.45, 7) is 0.314. The molecular weight excluding hydrogens is 289 g/mol. The molecule has 0 bridgehead atoms. The number of hydrogen-bond donors (Lipinski definition) is 2. The number of halogens is 2. The van der Waals surface area contributed by atoms with Crippen LogP contribution in [0.1, 0.15) is 6.42 Å². The van der Waals surface area contributed by atoms with Crippen molar-refractivity contribution >= 4 is 21.9 Å². The number of allylic oxidation sites excluding steroid dienone is 2. The number of alkyl halides is 1. The quantitative estimate of drug-likeness (QED) is 0.826. The molecule has 0 spiro atoms. The highest BCUT2D eigenvalue weighted by Crippen LogP contribution is 2.31. The molecule has 0 aromatic heterocycles. The number of ether oxygens (including phenoxy) is 1. The van der Waals surface area contributed by atoms with Crippen LogP contribution in [0.3, 0.4) is 0 Å². The zero-order valence-corrected chi connectivity index (χ0v) is 10.9. The van der Waals surface area contributed by atoms with Gasteiger partial charge in [-0.05, 0) is 12.5 Å². The number of nitrogens with zero attached hydrogens (tertiary/aromatic N) is 1. The maximum atomic E-state index is 12.0. The van der Waals surface area contributed by atoms with Gasteiger partial charge in [0, 0.05) is 10.4 Å². The maximum absolute atomic E-state index is 12.0. The predicted octanol–water partition coefficient (Wildman–Crippen LogP) is 1.44. The van der Waals surface area contributed by atoms with Crippen LogP contribution in [0.15, 0.2) is 27.4 Å². The van der Waals surface area contributed by atoms with Gasteiger partial charge in [0.25, 0.3) is 0 Å². The van der Waals surface area contributed by atoms with Gasteiger partial charge in [0.15, 0.2) is 5.96 Å². The van der Waals surface area contributed by atoms with Crippen LogP contribution in [0.2, 0.25) is 0 Å². The lowest BCUT2D eigenvalue weighted by molar-refractivity contribution is 0.194. The molecule has 2 unspecified atom stereocenters. The van der Waals surface area contributed by atoms with Gasteiger partial charge in [0.05, 0.1) is 12.6 Å². The summed E-state index contributed by atoms with van der Waals surface area (Å²) in [5.41, 5.74) is 5.58. The highest BCUT2D eigenvalue weighted by atomic mass is 79.9. The van der Waals surface area contributed by atoms with Gasteiger partial charge in [-0.3, -0.25) is 4.99 Å². The minimum atomic E-state index is -0.477. The molecule has 17 heavy (non-hydrogen) atoms. The molecule has 3 N–H and O–H groups in total. The molecule has 0 amide bonds. The highest BCUT2D eigenvalue weighted by Gasteiger charge is 2.27. The molecule has 2 atom stereocenters. The predicted molar refractivity (Wildman–Crippen MR) is 68.5 cm³/mol. The smallest absolute Gasteiger partial charge is 0.188 e. The molecule has 0 fully saturated rings. The van der Waals surface area contributed by atoms with E-state index in [9.17, 15) is 4.39 Å². The Bertz CT molecular complexity index is 381. The van der Waals surface area contributed by atoms with E-state index in [2.05, 4.69) is 32.3 Å². The monoisotopic (exact) mass is 303 g/mol. The fourth-order valence-electron chi connectivity index (χ4n) is 1.95. The van der Waals surface area contributed by atoms with Gasteiger partial charge in [0.2, 0.25) is 0 Å². The number of nitrogens with one attached hydrogen (secondary N) is 1. The molecule has 1 heterocycles. The van der Waals surface area contributed by atoms with E-state index in [-0.39, 0.29) is 12.6 Å². The molecule has 1 aliphatic heterocycles. The van der Waals surface area contributed by atoms with Crippen LogP contribution < -0.4 is 11.1 Å². The third-order valence-electron chi connectivity index (χ3n) is 2.82. The fourth-order valence-corrected chi connectivity index (χ4v) is 2.57. The van der Waals surface area contributed by atoms with Crippen molar-refractivity contribution in [2.24, 2.45) is 16.6 Å². The second kappa shape index (κ2) is 5.53. The van der Waals surface area contributed by atoms with Crippen LogP contribution in [-0.4, -0.2) is 31.8 Å². The standard InChI is InChI=1S/C11H15BrFN3O/c12-8-5-7(9-6-15-11(14)16-9)1-2-10(8)17-4-3-13/h1-2,7,9H,3-6H2,(H3,14,15,16). The Kier molecular flexibility index (Phi) is 4.04. The first-order chi connectivity index (χ1) is 8.20. The molecule has 0 radical (unpaired) electrons. The summed E-state index contributed by atoms with van der Waals surface area (Å²) in [5.74, 6) is 1.54. The maximum Gasteiger partial charge on any atom is 0.188 e. The Labute approximate surface area is 108 Å². The number of nitrogens with two attached hydrogens (primary N) is 1. The minimum Gasteiger partial charge on any atom is -0.490 e. The molecule has 2 rings (SSSR count). The molecule has 0 aromatic carbocycles. The van der Waals surface area contributed by atoms with Crippen LogP contribution in [0, 0.1) is 5.92 Å². The zero-order valence-electron chi connectivity index (χ0n) is 9.33. The van der Waals surface area contributed by atoms with Crippen LogP contribution in [-0.2, 0) is 4.74 Å². The van der Waals surface area contributed by atoms with Crippen molar-refractivity contribution < 1.29 is 9.13 Å². The Hall–Kier alpha value is -1.04. The van der Waals surface area contributed by atoms with Gasteiger partial charge in [-0.2, -0.15) is 0 Å². The average Bonchev–Trinajstić information content (AvgIpc) is 2.74. The van der Waals surface area contributed by atoms with E-state index in [1.807, 2.05) is 6.08 Å². The fraction of sp³-hybridized carbons (Fsp3) is 0.545. The Morgan fingerprint density at radius 2 is 2.47 bits per heavy atom. The molecular formula is C11H15BrFN3O. The van der Waals surface area contributed by atoms with E-state index in [0.717, 1.165) is 10.9 Å². The molecule has 0 saturated carbocycles. The molecule has 0 aromatic rings. The van der Waals surface area contributed by atoms with Crippen molar-refractivity contribution in [3.8, 4) is 0 Å². The summed E-state index contributed by atoms with van der Waals surface area (Å²) in [5, 5.41) is 3.13. The summed E-state index contributed by atoms with van der Waals surface area (Å²) in [4.78, 5) is 4.12. The van der Waals surface area contributed by atoms with Crippen molar-refractivity contribution in [1.29, 1.82) is 0 Å². The third kappa shape index (κ3) is 3.00. The van der Waals surface area contributed by atoms with E-state index in [0.29, 0.717) is 24.2 Å². The number of guanidine groups is 1. The Morgan fingerprint density at radius 3 is 3.06 bits per heavy atom. The number of aliphatic imine (C=N–C) groups is 1. The topological polar surface area (TPSA) is 59.6 Å². The SMILES string of the molecule is NC1=NCC(C2C=CC(OCCF)=C(Br)C2)N1. The number of hydrogen-bond acceptors (Lipinski definition) is 4. The summed E-state index contributed by atoms with van der Waals surface area (Å²) in [7, 11) is 0. The highest BCUT2D eigenvalue weighted by molar-refractivity contribution is 9.11. The normalized spacial score (nSPS) is 28.0. The van der Waals surface area contributed by atoms with Gasteiger partial charge < -0.3 is 15.8 Å². The van der Waals surface area contributed by atoms with Crippen LogP contribution >= 0.6 is 15.9 Å². The van der Waals surface area contributed by atoms with Crippen molar-refractivity contribution in [3.63, 3.8) is 0 Å². The molecule has 6 heteroatoms. The van der Waals surface area contributed by atoms with Crippen LogP contribution in [0.25, 0.3) is 0 Å². The van der Waals surface area contributed by atoms with E-state index in [4.69, 9.17) is 10.5 Å². The van der Waals surface area contributed by atoms with Crippen molar-refractivity contribution in [3.05, 3.63) is 22.4 Å². The lowest BCUT2D eigenvalue weighted by Crippen LogP contribution is -2.39. The van der Waals surface area contributed by atoms with Crippen LogP contribution in [0.5, 0.6) is 0 Å². The van der Waals surface area contributed by atoms with Gasteiger partial charge in [0.1, 0.15) is 19.0 Å². The van der Waals surface area contributed by atoms with Crippen molar-refractivity contribution in [1.82, 2.24) is 5.32 Å². The summed E-state index contributed by atoms with van der Waals surface area (Å²) < 4.78 is 18.3. The first-order valence-corrected chi connectivity index (χ1v) is 6.32. The minimum absolute atomic E-state index is 0.0944.